The fourth-order valence-corrected chi connectivity index (χ4v) is 2.37. The van der Waals surface area contributed by atoms with Gasteiger partial charge in [-0.25, -0.2) is 0 Å². The van der Waals surface area contributed by atoms with Gasteiger partial charge in [-0.3, -0.25) is 9.59 Å². The second-order valence-electron chi connectivity index (χ2n) is 5.14. The zero-order valence-electron chi connectivity index (χ0n) is 12.1. The average Bonchev–Trinajstić information content (AvgIpc) is 2.45. The van der Waals surface area contributed by atoms with Crippen molar-refractivity contribution in [1.29, 1.82) is 0 Å². The maximum Gasteiger partial charge on any atom is 0.224 e. The molecule has 1 saturated heterocycles. The van der Waals surface area contributed by atoms with Crippen molar-refractivity contribution in [2.75, 3.05) is 18.4 Å². The Morgan fingerprint density at radius 2 is 2.19 bits per heavy atom. The van der Waals surface area contributed by atoms with E-state index < -0.39 is 0 Å². The maximum atomic E-state index is 12.0. The molecule has 0 aliphatic carbocycles. The zero-order valence-corrected chi connectivity index (χ0v) is 13.0. The number of amides is 2. The van der Waals surface area contributed by atoms with Gasteiger partial charge < -0.3 is 16.0 Å². The molecular formula is C15H22ClN3O2. The number of hydrogen-bond acceptors (Lipinski definition) is 3. The molecule has 5 nitrogen and oxygen atoms in total. The van der Waals surface area contributed by atoms with Gasteiger partial charge in [0.15, 0.2) is 0 Å². The molecule has 6 heteroatoms. The summed E-state index contributed by atoms with van der Waals surface area (Å²) in [5.41, 5.74) is 1.73. The molecule has 1 fully saturated rings. The van der Waals surface area contributed by atoms with Crippen LogP contribution in [0.1, 0.15) is 25.3 Å². The molecule has 1 unspecified atom stereocenters. The van der Waals surface area contributed by atoms with Crippen LogP contribution in [0.25, 0.3) is 0 Å². The molecule has 2 amide bonds. The minimum Gasteiger partial charge on any atom is -0.352 e. The summed E-state index contributed by atoms with van der Waals surface area (Å²) >= 11 is 0. The second kappa shape index (κ2) is 8.64. The van der Waals surface area contributed by atoms with Crippen molar-refractivity contribution in [1.82, 2.24) is 10.6 Å². The van der Waals surface area contributed by atoms with Crippen LogP contribution in [-0.4, -0.2) is 24.9 Å². The molecule has 3 N–H and O–H groups in total. The highest BCUT2D eigenvalue weighted by molar-refractivity contribution is 5.88. The highest BCUT2D eigenvalue weighted by Gasteiger charge is 2.20. The summed E-state index contributed by atoms with van der Waals surface area (Å²) in [7, 11) is 0. The van der Waals surface area contributed by atoms with Crippen molar-refractivity contribution >= 4 is 29.9 Å². The van der Waals surface area contributed by atoms with Crippen molar-refractivity contribution in [3.63, 3.8) is 0 Å². The van der Waals surface area contributed by atoms with Gasteiger partial charge in [-0.15, -0.1) is 12.4 Å². The minimum atomic E-state index is -0.0977. The normalized spacial score (nSPS) is 17.5. The first-order valence-electron chi connectivity index (χ1n) is 7.00. The van der Waals surface area contributed by atoms with Crippen molar-refractivity contribution in [2.45, 2.75) is 26.3 Å². The predicted molar refractivity (Wildman–Crippen MR) is 85.4 cm³/mol. The highest BCUT2D eigenvalue weighted by atomic mass is 35.5. The van der Waals surface area contributed by atoms with E-state index in [2.05, 4.69) is 16.0 Å². The van der Waals surface area contributed by atoms with E-state index in [1.807, 2.05) is 24.3 Å². The third-order valence-corrected chi connectivity index (χ3v) is 3.38. The first kappa shape index (κ1) is 17.5. The van der Waals surface area contributed by atoms with Crippen LogP contribution in [0.4, 0.5) is 5.69 Å². The van der Waals surface area contributed by atoms with E-state index in [1.54, 1.807) is 0 Å². The quantitative estimate of drug-likeness (QED) is 0.792. The Balaban J connectivity index is 0.00000220. The SMILES string of the molecule is CC(=O)Nc1cccc(CNC(=O)C2CCCNC2)c1.Cl. The Hall–Kier alpha value is -1.59. The fourth-order valence-electron chi connectivity index (χ4n) is 2.37. The number of hydrogen-bond donors (Lipinski definition) is 3. The third kappa shape index (κ3) is 5.73. The van der Waals surface area contributed by atoms with Gasteiger partial charge in [-0.1, -0.05) is 12.1 Å². The molecule has 1 aliphatic heterocycles. The number of anilines is 1. The molecule has 0 aromatic heterocycles. The Morgan fingerprint density at radius 3 is 2.86 bits per heavy atom. The molecule has 2 rings (SSSR count). The summed E-state index contributed by atoms with van der Waals surface area (Å²) in [4.78, 5) is 23.0. The van der Waals surface area contributed by atoms with Gasteiger partial charge in [0.1, 0.15) is 0 Å². The Kier molecular flexibility index (Phi) is 7.19. The van der Waals surface area contributed by atoms with E-state index in [-0.39, 0.29) is 30.1 Å². The van der Waals surface area contributed by atoms with Gasteiger partial charge in [0.2, 0.25) is 11.8 Å². The van der Waals surface area contributed by atoms with Crippen LogP contribution in [0, 0.1) is 5.92 Å². The lowest BCUT2D eigenvalue weighted by Gasteiger charge is -2.21. The maximum absolute atomic E-state index is 12.0. The van der Waals surface area contributed by atoms with E-state index >= 15 is 0 Å². The summed E-state index contributed by atoms with van der Waals surface area (Å²) in [6.45, 7) is 3.73. The van der Waals surface area contributed by atoms with Crippen LogP contribution in [0.5, 0.6) is 0 Å². The molecule has 1 aromatic carbocycles. The molecule has 0 spiro atoms. The van der Waals surface area contributed by atoms with Crippen molar-refractivity contribution in [3.8, 4) is 0 Å². The molecule has 1 aromatic rings. The number of carbonyl (C=O) groups excluding carboxylic acids is 2. The molecule has 1 atom stereocenters. The monoisotopic (exact) mass is 311 g/mol. The third-order valence-electron chi connectivity index (χ3n) is 3.38. The summed E-state index contributed by atoms with van der Waals surface area (Å²) in [5, 5.41) is 8.93. The number of carbonyl (C=O) groups is 2. The van der Waals surface area contributed by atoms with Crippen LogP contribution < -0.4 is 16.0 Å². The average molecular weight is 312 g/mol. The standard InChI is InChI=1S/C15H21N3O2.ClH/c1-11(19)18-14-6-2-4-12(8-14)9-17-15(20)13-5-3-7-16-10-13;/h2,4,6,8,13,16H,3,5,7,9-10H2,1H3,(H,17,20)(H,18,19);1H. The topological polar surface area (TPSA) is 70.2 Å². The van der Waals surface area contributed by atoms with Crippen LogP contribution in [0.3, 0.4) is 0 Å². The highest BCUT2D eigenvalue weighted by Crippen LogP contribution is 2.12. The first-order valence-corrected chi connectivity index (χ1v) is 7.00. The van der Waals surface area contributed by atoms with E-state index in [0.717, 1.165) is 37.2 Å². The van der Waals surface area contributed by atoms with Crippen molar-refractivity contribution < 1.29 is 9.59 Å². The number of halogens is 1. The number of benzene rings is 1. The summed E-state index contributed by atoms with van der Waals surface area (Å²) in [5.74, 6) is 0.0730. The first-order chi connectivity index (χ1) is 9.65. The van der Waals surface area contributed by atoms with Gasteiger partial charge in [0.25, 0.3) is 0 Å². The van der Waals surface area contributed by atoms with Gasteiger partial charge >= 0.3 is 0 Å². The van der Waals surface area contributed by atoms with Crippen LogP contribution in [0.15, 0.2) is 24.3 Å². The Labute approximate surface area is 131 Å². The molecule has 0 radical (unpaired) electrons. The van der Waals surface area contributed by atoms with Gasteiger partial charge in [-0.2, -0.15) is 0 Å². The molecule has 21 heavy (non-hydrogen) atoms. The lowest BCUT2D eigenvalue weighted by Crippen LogP contribution is -2.40. The largest absolute Gasteiger partial charge is 0.352 e. The predicted octanol–water partition coefficient (Wildman–Crippen LogP) is 1.68. The van der Waals surface area contributed by atoms with Crippen LogP contribution in [0.2, 0.25) is 0 Å². The van der Waals surface area contributed by atoms with Crippen LogP contribution >= 0.6 is 12.4 Å². The van der Waals surface area contributed by atoms with Crippen molar-refractivity contribution in [2.24, 2.45) is 5.92 Å². The lowest BCUT2D eigenvalue weighted by molar-refractivity contribution is -0.125. The van der Waals surface area contributed by atoms with E-state index in [1.165, 1.54) is 6.92 Å². The Morgan fingerprint density at radius 1 is 1.38 bits per heavy atom. The lowest BCUT2D eigenvalue weighted by atomic mass is 9.99. The fraction of sp³-hybridized carbons (Fsp3) is 0.467. The molecule has 116 valence electrons. The van der Waals surface area contributed by atoms with E-state index in [4.69, 9.17) is 0 Å². The molecular weight excluding hydrogens is 290 g/mol. The summed E-state index contributed by atoms with van der Waals surface area (Å²) in [6.07, 6.45) is 2.00. The number of nitrogens with one attached hydrogen (secondary N) is 3. The summed E-state index contributed by atoms with van der Waals surface area (Å²) in [6, 6.07) is 7.51. The Bertz CT molecular complexity index is 488. The van der Waals surface area contributed by atoms with Crippen molar-refractivity contribution in [3.05, 3.63) is 29.8 Å². The smallest absolute Gasteiger partial charge is 0.224 e. The molecule has 1 heterocycles. The molecule has 0 bridgehead atoms. The van der Waals surface area contributed by atoms with Crippen LogP contribution in [-0.2, 0) is 16.1 Å². The molecule has 1 aliphatic rings. The van der Waals surface area contributed by atoms with E-state index in [9.17, 15) is 9.59 Å². The second-order valence-corrected chi connectivity index (χ2v) is 5.14. The van der Waals surface area contributed by atoms with Gasteiger partial charge in [0.05, 0.1) is 5.92 Å². The minimum absolute atomic E-state index is 0. The van der Waals surface area contributed by atoms with E-state index in [0.29, 0.717) is 6.54 Å². The van der Waals surface area contributed by atoms with Gasteiger partial charge in [-0.05, 0) is 37.1 Å². The zero-order chi connectivity index (χ0) is 14.4. The van der Waals surface area contributed by atoms with Gasteiger partial charge in [0, 0.05) is 25.7 Å². The summed E-state index contributed by atoms with van der Waals surface area (Å²) < 4.78 is 0. The number of rotatable bonds is 4. The number of piperidine rings is 1. The molecule has 0 saturated carbocycles.